The molecule has 0 aromatic heterocycles. The van der Waals surface area contributed by atoms with Gasteiger partial charge in [0.15, 0.2) is 0 Å². The number of rotatable bonds is 10. The van der Waals surface area contributed by atoms with E-state index in [0.29, 0.717) is 45.7 Å². The number of hydrogen-bond donors (Lipinski definition) is 1. The Morgan fingerprint density at radius 2 is 1.80 bits per heavy atom. The summed E-state index contributed by atoms with van der Waals surface area (Å²) in [6.07, 6.45) is 6.36. The van der Waals surface area contributed by atoms with Crippen molar-refractivity contribution in [1.29, 1.82) is 0 Å². The number of aliphatic hydroxyl groups is 1. The normalized spacial score (nSPS) is 9.87. The van der Waals surface area contributed by atoms with Crippen molar-refractivity contribution < 1.29 is 19.4 Å². The zero-order chi connectivity index (χ0) is 11.4. The second kappa shape index (κ2) is 11.2. The van der Waals surface area contributed by atoms with Crippen LogP contribution in [-0.4, -0.2) is 43.9 Å². The first-order chi connectivity index (χ1) is 7.31. The van der Waals surface area contributed by atoms with E-state index in [0.717, 1.165) is 0 Å². The van der Waals surface area contributed by atoms with Crippen LogP contribution >= 0.6 is 0 Å². The number of carbonyl (C=O) groups excluding carboxylic acids is 1. The minimum atomic E-state index is 0.0184. The molecule has 4 nitrogen and oxygen atoms in total. The molecule has 0 bridgehead atoms. The van der Waals surface area contributed by atoms with Gasteiger partial charge in [-0.2, -0.15) is 0 Å². The highest BCUT2D eigenvalue weighted by Crippen LogP contribution is 1.94. The Balaban J connectivity index is 3.10. The van der Waals surface area contributed by atoms with Gasteiger partial charge in [-0.1, -0.05) is 0 Å². The Morgan fingerprint density at radius 3 is 2.40 bits per heavy atom. The van der Waals surface area contributed by atoms with Crippen LogP contribution in [-0.2, 0) is 14.3 Å². The Morgan fingerprint density at radius 1 is 1.13 bits per heavy atom. The number of hydrogen-bond acceptors (Lipinski definition) is 4. The highest BCUT2D eigenvalue weighted by atomic mass is 16.5. The van der Waals surface area contributed by atoms with Crippen molar-refractivity contribution in [1.82, 2.24) is 0 Å². The van der Waals surface area contributed by atoms with Crippen LogP contribution in [0.2, 0.25) is 0 Å². The Labute approximate surface area is 90.6 Å². The smallest absolute Gasteiger partial charge is 0.136 e. The zero-order valence-electron chi connectivity index (χ0n) is 8.91. The fourth-order valence-electron chi connectivity index (χ4n) is 0.909. The van der Waals surface area contributed by atoms with Crippen LogP contribution in [0.3, 0.4) is 0 Å². The van der Waals surface area contributed by atoms with E-state index >= 15 is 0 Å². The molecule has 0 radical (unpaired) electrons. The molecule has 0 aromatic carbocycles. The lowest BCUT2D eigenvalue weighted by atomic mass is 10.2. The molecule has 0 aromatic rings. The van der Waals surface area contributed by atoms with Crippen molar-refractivity contribution in [2.24, 2.45) is 0 Å². The summed E-state index contributed by atoms with van der Waals surface area (Å²) in [4.78, 5) is 11.1. The quantitative estimate of drug-likeness (QED) is 0.422. The van der Waals surface area contributed by atoms with Gasteiger partial charge in [-0.15, -0.1) is 12.3 Å². The lowest BCUT2D eigenvalue weighted by Crippen LogP contribution is -2.10. The minimum Gasteiger partial charge on any atom is -0.394 e. The SMILES string of the molecule is C#CCCC(=O)CCOCCOCCO. The molecule has 0 spiro atoms. The maximum atomic E-state index is 11.1. The minimum absolute atomic E-state index is 0.0184. The van der Waals surface area contributed by atoms with Crippen LogP contribution in [0.15, 0.2) is 0 Å². The number of carbonyl (C=O) groups is 1. The maximum Gasteiger partial charge on any atom is 0.136 e. The lowest BCUT2D eigenvalue weighted by molar-refractivity contribution is -0.120. The van der Waals surface area contributed by atoms with Gasteiger partial charge in [0, 0.05) is 19.3 Å². The van der Waals surface area contributed by atoms with E-state index in [-0.39, 0.29) is 12.4 Å². The monoisotopic (exact) mass is 214 g/mol. The average Bonchev–Trinajstić information content (AvgIpc) is 2.25. The van der Waals surface area contributed by atoms with Crippen LogP contribution in [0.4, 0.5) is 0 Å². The zero-order valence-corrected chi connectivity index (χ0v) is 8.91. The molecule has 0 amide bonds. The van der Waals surface area contributed by atoms with Gasteiger partial charge in [0.05, 0.1) is 33.0 Å². The molecule has 0 rings (SSSR count). The first kappa shape index (κ1) is 14.1. The average molecular weight is 214 g/mol. The first-order valence-electron chi connectivity index (χ1n) is 5.02. The summed E-state index contributed by atoms with van der Waals surface area (Å²) in [5.41, 5.74) is 0. The van der Waals surface area contributed by atoms with E-state index < -0.39 is 0 Å². The predicted octanol–water partition coefficient (Wildman–Crippen LogP) is 0.384. The predicted molar refractivity (Wildman–Crippen MR) is 56.4 cm³/mol. The third-order valence-electron chi connectivity index (χ3n) is 1.68. The van der Waals surface area contributed by atoms with Gasteiger partial charge in [0.2, 0.25) is 0 Å². The summed E-state index contributed by atoms with van der Waals surface area (Å²) in [6, 6.07) is 0. The van der Waals surface area contributed by atoms with E-state index in [1.54, 1.807) is 0 Å². The molecule has 0 fully saturated rings. The van der Waals surface area contributed by atoms with Gasteiger partial charge in [-0.05, 0) is 0 Å². The van der Waals surface area contributed by atoms with Crippen molar-refractivity contribution in [3.05, 3.63) is 0 Å². The lowest BCUT2D eigenvalue weighted by Gasteiger charge is -2.03. The fraction of sp³-hybridized carbons (Fsp3) is 0.727. The van der Waals surface area contributed by atoms with E-state index in [2.05, 4.69) is 5.92 Å². The molecule has 0 atom stereocenters. The molecule has 0 aliphatic rings. The van der Waals surface area contributed by atoms with Crippen LogP contribution in [0.25, 0.3) is 0 Å². The number of terminal acetylenes is 1. The number of Topliss-reactive ketones (excluding diaryl/α,β-unsaturated/α-hetero) is 1. The molecule has 0 saturated carbocycles. The van der Waals surface area contributed by atoms with Crippen molar-refractivity contribution >= 4 is 5.78 Å². The van der Waals surface area contributed by atoms with Crippen molar-refractivity contribution in [2.75, 3.05) is 33.0 Å². The third kappa shape index (κ3) is 11.0. The molecule has 0 saturated heterocycles. The Bertz CT molecular complexity index is 195. The largest absolute Gasteiger partial charge is 0.394 e. The first-order valence-corrected chi connectivity index (χ1v) is 5.02. The Kier molecular flexibility index (Phi) is 10.5. The highest BCUT2D eigenvalue weighted by Gasteiger charge is 2.00. The van der Waals surface area contributed by atoms with Crippen molar-refractivity contribution in [2.45, 2.75) is 19.3 Å². The topological polar surface area (TPSA) is 55.8 Å². The molecule has 0 unspecified atom stereocenters. The molecule has 15 heavy (non-hydrogen) atoms. The summed E-state index contributed by atoms with van der Waals surface area (Å²) >= 11 is 0. The molecular weight excluding hydrogens is 196 g/mol. The summed E-state index contributed by atoms with van der Waals surface area (Å²) < 4.78 is 10.1. The summed E-state index contributed by atoms with van der Waals surface area (Å²) in [7, 11) is 0. The number of aliphatic hydroxyl groups excluding tert-OH is 1. The summed E-state index contributed by atoms with van der Waals surface area (Å²) in [6.45, 7) is 1.64. The van der Waals surface area contributed by atoms with E-state index in [1.807, 2.05) is 0 Å². The van der Waals surface area contributed by atoms with Gasteiger partial charge in [0.25, 0.3) is 0 Å². The molecule has 0 aliphatic heterocycles. The van der Waals surface area contributed by atoms with Gasteiger partial charge >= 0.3 is 0 Å². The van der Waals surface area contributed by atoms with Crippen LogP contribution in [0.5, 0.6) is 0 Å². The Hall–Kier alpha value is -0.890. The molecular formula is C11H18O4. The van der Waals surface area contributed by atoms with Gasteiger partial charge < -0.3 is 14.6 Å². The number of ether oxygens (including phenoxy) is 2. The molecule has 1 N–H and O–H groups in total. The maximum absolute atomic E-state index is 11.1. The number of ketones is 1. The third-order valence-corrected chi connectivity index (χ3v) is 1.68. The molecule has 0 heterocycles. The highest BCUT2D eigenvalue weighted by molar-refractivity contribution is 5.78. The second-order valence-corrected chi connectivity index (χ2v) is 2.94. The van der Waals surface area contributed by atoms with Gasteiger partial charge in [0.1, 0.15) is 5.78 Å². The second-order valence-electron chi connectivity index (χ2n) is 2.94. The van der Waals surface area contributed by atoms with E-state index in [1.165, 1.54) is 0 Å². The van der Waals surface area contributed by atoms with E-state index in [4.69, 9.17) is 21.0 Å². The van der Waals surface area contributed by atoms with E-state index in [9.17, 15) is 4.79 Å². The fourth-order valence-corrected chi connectivity index (χ4v) is 0.909. The molecule has 86 valence electrons. The van der Waals surface area contributed by atoms with Gasteiger partial charge in [-0.25, -0.2) is 0 Å². The van der Waals surface area contributed by atoms with Gasteiger partial charge in [-0.3, -0.25) is 4.79 Å². The standard InChI is InChI=1S/C11H18O4/c1-2-3-4-11(13)5-7-14-9-10-15-8-6-12/h1,12H,3-10H2. The molecule has 0 aliphatic carbocycles. The molecule has 4 heteroatoms. The van der Waals surface area contributed by atoms with Crippen LogP contribution in [0.1, 0.15) is 19.3 Å². The summed E-state index contributed by atoms with van der Waals surface area (Å²) in [5, 5.41) is 8.40. The van der Waals surface area contributed by atoms with Crippen molar-refractivity contribution in [3.8, 4) is 12.3 Å². The van der Waals surface area contributed by atoms with Crippen molar-refractivity contribution in [3.63, 3.8) is 0 Å². The summed E-state index contributed by atoms with van der Waals surface area (Å²) in [5.74, 6) is 2.55. The van der Waals surface area contributed by atoms with Crippen LogP contribution < -0.4 is 0 Å². The van der Waals surface area contributed by atoms with Crippen LogP contribution in [0, 0.1) is 12.3 Å².